The molecule has 0 bridgehead atoms. The van der Waals surface area contributed by atoms with Gasteiger partial charge in [-0.25, -0.2) is 15.0 Å². The van der Waals surface area contributed by atoms with Crippen LogP contribution in [-0.4, -0.2) is 60.5 Å². The molecule has 10 nitrogen and oxygen atoms in total. The number of anilines is 2. The van der Waals surface area contributed by atoms with Gasteiger partial charge < -0.3 is 25.6 Å². The standard InChI is InChI=1S/C19H22N6O4/c1-3-20-18(28)15-13(26)14(27)19(29-15)25-9-23-12-16(21-8-22-17(12)25)24-11-6-4-10(2)5-7-11/h4-9,13-15,19,26-27H,3H2,1-2H3,(H,20,28)(H,21,22,24)/t13-,14+,15-,19+/m0/s1. The summed E-state index contributed by atoms with van der Waals surface area (Å²) in [6, 6.07) is 7.81. The fourth-order valence-electron chi connectivity index (χ4n) is 3.28. The van der Waals surface area contributed by atoms with Crippen molar-refractivity contribution in [1.29, 1.82) is 0 Å². The average molecular weight is 398 g/mol. The summed E-state index contributed by atoms with van der Waals surface area (Å²) in [4.78, 5) is 24.9. The Balaban J connectivity index is 1.64. The van der Waals surface area contributed by atoms with Crippen LogP contribution in [0.2, 0.25) is 0 Å². The van der Waals surface area contributed by atoms with Gasteiger partial charge in [-0.3, -0.25) is 9.36 Å². The van der Waals surface area contributed by atoms with Crippen LogP contribution < -0.4 is 10.6 Å². The summed E-state index contributed by atoms with van der Waals surface area (Å²) in [5, 5.41) is 26.5. The first kappa shape index (κ1) is 19.2. The summed E-state index contributed by atoms with van der Waals surface area (Å²) in [5.74, 6) is 0.00763. The van der Waals surface area contributed by atoms with Gasteiger partial charge in [-0.2, -0.15) is 0 Å². The number of hydrogen-bond donors (Lipinski definition) is 4. The van der Waals surface area contributed by atoms with Crippen LogP contribution in [0.1, 0.15) is 18.7 Å². The SMILES string of the molecule is CCNC(=O)[C@H]1O[C@@H](n2cnc3c(Nc4ccc(C)cc4)ncnc32)[C@H](O)[C@@H]1O. The molecule has 0 saturated carbocycles. The van der Waals surface area contributed by atoms with E-state index in [-0.39, 0.29) is 0 Å². The van der Waals surface area contributed by atoms with E-state index in [0.29, 0.717) is 23.5 Å². The third kappa shape index (κ3) is 3.53. The molecule has 0 aliphatic carbocycles. The van der Waals surface area contributed by atoms with Gasteiger partial charge in [0, 0.05) is 12.2 Å². The number of likely N-dealkylation sites (N-methyl/N-ethyl adjacent to an activating group) is 1. The molecule has 3 aromatic rings. The first-order chi connectivity index (χ1) is 14.0. The van der Waals surface area contributed by atoms with Gasteiger partial charge in [0.1, 0.15) is 18.5 Å². The van der Waals surface area contributed by atoms with Crippen LogP contribution in [-0.2, 0) is 9.53 Å². The molecule has 4 N–H and O–H groups in total. The zero-order valence-corrected chi connectivity index (χ0v) is 16.0. The molecule has 29 heavy (non-hydrogen) atoms. The van der Waals surface area contributed by atoms with Gasteiger partial charge in [-0.1, -0.05) is 17.7 Å². The van der Waals surface area contributed by atoms with E-state index in [9.17, 15) is 15.0 Å². The van der Waals surface area contributed by atoms with Crippen molar-refractivity contribution in [1.82, 2.24) is 24.8 Å². The molecular weight excluding hydrogens is 376 g/mol. The number of aliphatic hydroxyl groups excluding tert-OH is 2. The lowest BCUT2D eigenvalue weighted by Crippen LogP contribution is -2.42. The topological polar surface area (TPSA) is 134 Å². The van der Waals surface area contributed by atoms with E-state index in [4.69, 9.17) is 4.74 Å². The Kier molecular flexibility index (Phi) is 5.14. The molecule has 1 fully saturated rings. The molecule has 152 valence electrons. The van der Waals surface area contributed by atoms with Gasteiger partial charge in [0.2, 0.25) is 0 Å². The number of benzene rings is 1. The maximum Gasteiger partial charge on any atom is 0.252 e. The van der Waals surface area contributed by atoms with E-state index in [2.05, 4.69) is 25.6 Å². The van der Waals surface area contributed by atoms with Crippen LogP contribution in [0.5, 0.6) is 0 Å². The Hall–Kier alpha value is -3.08. The van der Waals surface area contributed by atoms with Crippen LogP contribution in [0, 0.1) is 6.92 Å². The lowest BCUT2D eigenvalue weighted by atomic mass is 10.1. The molecule has 1 amide bonds. The number of ether oxygens (including phenoxy) is 1. The number of fused-ring (bicyclic) bond motifs is 1. The normalized spacial score (nSPS) is 24.0. The summed E-state index contributed by atoms with van der Waals surface area (Å²) in [6.07, 6.45) is -2.06. The van der Waals surface area contributed by atoms with E-state index >= 15 is 0 Å². The number of hydrogen-bond acceptors (Lipinski definition) is 8. The highest BCUT2D eigenvalue weighted by atomic mass is 16.6. The molecule has 10 heteroatoms. The third-order valence-corrected chi connectivity index (χ3v) is 4.79. The van der Waals surface area contributed by atoms with E-state index in [0.717, 1.165) is 11.3 Å². The second kappa shape index (κ2) is 7.74. The number of nitrogens with one attached hydrogen (secondary N) is 2. The van der Waals surface area contributed by atoms with Gasteiger partial charge in [0.05, 0.1) is 6.33 Å². The predicted octanol–water partition coefficient (Wildman–Crippen LogP) is 0.634. The Bertz CT molecular complexity index is 1020. The zero-order chi connectivity index (χ0) is 20.5. The minimum atomic E-state index is -1.36. The number of amides is 1. The first-order valence-electron chi connectivity index (χ1n) is 9.30. The third-order valence-electron chi connectivity index (χ3n) is 4.79. The van der Waals surface area contributed by atoms with Crippen LogP contribution >= 0.6 is 0 Å². The Labute approximate surface area is 166 Å². The summed E-state index contributed by atoms with van der Waals surface area (Å²) in [6.45, 7) is 4.15. The van der Waals surface area contributed by atoms with Crippen LogP contribution in [0.4, 0.5) is 11.5 Å². The van der Waals surface area contributed by atoms with Crippen molar-refractivity contribution in [3.8, 4) is 0 Å². The summed E-state index contributed by atoms with van der Waals surface area (Å²) in [7, 11) is 0. The molecule has 2 aromatic heterocycles. The zero-order valence-electron chi connectivity index (χ0n) is 16.0. The van der Waals surface area contributed by atoms with E-state index in [1.807, 2.05) is 31.2 Å². The van der Waals surface area contributed by atoms with Crippen LogP contribution in [0.3, 0.4) is 0 Å². The molecule has 1 aromatic carbocycles. The second-order valence-electron chi connectivity index (χ2n) is 6.86. The maximum absolute atomic E-state index is 12.1. The Morgan fingerprint density at radius 3 is 2.66 bits per heavy atom. The fourth-order valence-corrected chi connectivity index (χ4v) is 3.28. The van der Waals surface area contributed by atoms with Gasteiger partial charge in [-0.05, 0) is 26.0 Å². The number of nitrogens with zero attached hydrogens (tertiary/aromatic N) is 4. The number of imidazole rings is 1. The average Bonchev–Trinajstić information content (AvgIpc) is 3.26. The summed E-state index contributed by atoms with van der Waals surface area (Å²) in [5.41, 5.74) is 2.86. The molecule has 0 unspecified atom stereocenters. The highest BCUT2D eigenvalue weighted by molar-refractivity contribution is 5.85. The minimum absolute atomic E-state index is 0.390. The largest absolute Gasteiger partial charge is 0.387 e. The molecule has 1 aliphatic rings. The van der Waals surface area contributed by atoms with Crippen molar-refractivity contribution < 1.29 is 19.7 Å². The smallest absolute Gasteiger partial charge is 0.252 e. The summed E-state index contributed by atoms with van der Waals surface area (Å²) < 4.78 is 7.14. The van der Waals surface area contributed by atoms with Crippen molar-refractivity contribution in [2.75, 3.05) is 11.9 Å². The second-order valence-corrected chi connectivity index (χ2v) is 6.86. The van der Waals surface area contributed by atoms with E-state index < -0.39 is 30.4 Å². The number of carbonyl (C=O) groups is 1. The predicted molar refractivity (Wildman–Crippen MR) is 104 cm³/mol. The van der Waals surface area contributed by atoms with Crippen molar-refractivity contribution in [2.24, 2.45) is 0 Å². The Morgan fingerprint density at radius 2 is 1.93 bits per heavy atom. The minimum Gasteiger partial charge on any atom is -0.387 e. The monoisotopic (exact) mass is 398 g/mol. The lowest BCUT2D eigenvalue weighted by molar-refractivity contribution is -0.137. The fraction of sp³-hybridized carbons (Fsp3) is 0.368. The highest BCUT2D eigenvalue weighted by Gasteiger charge is 2.47. The van der Waals surface area contributed by atoms with Crippen molar-refractivity contribution in [3.63, 3.8) is 0 Å². The highest BCUT2D eigenvalue weighted by Crippen LogP contribution is 2.32. The first-order valence-corrected chi connectivity index (χ1v) is 9.30. The van der Waals surface area contributed by atoms with E-state index in [1.54, 1.807) is 6.92 Å². The molecular formula is C19H22N6O4. The molecule has 1 saturated heterocycles. The molecule has 3 heterocycles. The quantitative estimate of drug-likeness (QED) is 0.492. The number of aryl methyl sites for hydroxylation is 1. The Morgan fingerprint density at radius 1 is 1.17 bits per heavy atom. The number of carbonyl (C=O) groups excluding carboxylic acids is 1. The van der Waals surface area contributed by atoms with Crippen LogP contribution in [0.25, 0.3) is 11.2 Å². The van der Waals surface area contributed by atoms with Crippen molar-refractivity contribution in [2.45, 2.75) is 38.4 Å². The van der Waals surface area contributed by atoms with Crippen molar-refractivity contribution in [3.05, 3.63) is 42.5 Å². The van der Waals surface area contributed by atoms with E-state index in [1.165, 1.54) is 17.2 Å². The number of aromatic nitrogens is 4. The van der Waals surface area contributed by atoms with Crippen LogP contribution in [0.15, 0.2) is 36.9 Å². The van der Waals surface area contributed by atoms with Crippen molar-refractivity contribution >= 4 is 28.6 Å². The molecule has 4 rings (SSSR count). The van der Waals surface area contributed by atoms with Gasteiger partial charge >= 0.3 is 0 Å². The maximum atomic E-state index is 12.1. The lowest BCUT2D eigenvalue weighted by Gasteiger charge is -2.16. The summed E-state index contributed by atoms with van der Waals surface area (Å²) >= 11 is 0. The number of rotatable bonds is 5. The van der Waals surface area contributed by atoms with Gasteiger partial charge in [0.15, 0.2) is 29.3 Å². The molecule has 1 aliphatic heterocycles. The molecule has 0 spiro atoms. The molecule has 4 atom stereocenters. The van der Waals surface area contributed by atoms with Gasteiger partial charge in [-0.15, -0.1) is 0 Å². The molecule has 0 radical (unpaired) electrons. The van der Waals surface area contributed by atoms with Gasteiger partial charge in [0.25, 0.3) is 5.91 Å². The number of aliphatic hydroxyl groups is 2.